The van der Waals surface area contributed by atoms with Gasteiger partial charge in [0.2, 0.25) is 0 Å². The van der Waals surface area contributed by atoms with Crippen LogP contribution < -0.4 is 26.1 Å². The van der Waals surface area contributed by atoms with Crippen molar-refractivity contribution in [1.82, 2.24) is 15.1 Å². The molecule has 11 heteroatoms. The van der Waals surface area contributed by atoms with Crippen molar-refractivity contribution in [3.05, 3.63) is 34.1 Å². The van der Waals surface area contributed by atoms with E-state index in [-0.39, 0.29) is 0 Å². The van der Waals surface area contributed by atoms with Crippen molar-refractivity contribution in [2.24, 2.45) is 4.99 Å². The molecule has 0 bridgehead atoms. The quantitative estimate of drug-likeness (QED) is 0.653. The van der Waals surface area contributed by atoms with Crippen LogP contribution in [0.2, 0.25) is 5.02 Å². The minimum absolute atomic E-state index is 0.312. The van der Waals surface area contributed by atoms with Gasteiger partial charge >= 0.3 is 13.2 Å². The van der Waals surface area contributed by atoms with Gasteiger partial charge in [0.15, 0.2) is 0 Å². The first-order valence-electron chi connectivity index (χ1n) is 10.1. The minimum Gasteiger partial charge on any atom is -0.465 e. The number of halogens is 1. The molecule has 3 aliphatic heterocycles. The van der Waals surface area contributed by atoms with Crippen molar-refractivity contribution < 1.29 is 23.9 Å². The summed E-state index contributed by atoms with van der Waals surface area (Å²) in [7, 11) is 0.880. The lowest BCUT2D eigenvalue weighted by atomic mass is 9.78. The molecule has 1 saturated heterocycles. The predicted octanol–water partition coefficient (Wildman–Crippen LogP) is 0.661. The molecule has 1 amide bonds. The standard InChI is InChI=1S/C20H26BClN4O5/c1-19(2)20(3,4)31-21(30-19)12-10-13-14-16(15(12)22)23-11-24-17(14)26(8-9-29-13)7-6-25(5)18(27)28/h8-10,24H,6-7,11H2,1-5H3,(H,27,28). The first kappa shape index (κ1) is 21.8. The van der Waals surface area contributed by atoms with Gasteiger partial charge in [-0.2, -0.15) is 0 Å². The number of carbonyl (C=O) groups is 1. The summed E-state index contributed by atoms with van der Waals surface area (Å²) in [5, 5.41) is 14.2. The Hall–Kier alpha value is -2.43. The van der Waals surface area contributed by atoms with Gasteiger partial charge < -0.3 is 34.3 Å². The van der Waals surface area contributed by atoms with Crippen LogP contribution in [0.4, 0.5) is 4.79 Å². The number of amides is 1. The van der Waals surface area contributed by atoms with Crippen LogP contribution in [-0.2, 0) is 9.31 Å². The molecule has 0 radical (unpaired) electrons. The van der Waals surface area contributed by atoms with E-state index in [2.05, 4.69) is 10.3 Å². The fraction of sp³-hybridized carbons (Fsp3) is 0.500. The number of nitrogens with zero attached hydrogens (tertiary/aromatic N) is 3. The first-order valence-corrected chi connectivity index (χ1v) is 10.4. The highest BCUT2D eigenvalue weighted by Crippen LogP contribution is 2.37. The molecule has 1 aromatic carbocycles. The van der Waals surface area contributed by atoms with E-state index in [4.69, 9.17) is 30.8 Å². The highest BCUT2D eigenvalue weighted by Gasteiger charge is 2.52. The molecule has 2 N–H and O–H groups in total. The van der Waals surface area contributed by atoms with Gasteiger partial charge in [0.05, 0.1) is 26.8 Å². The summed E-state index contributed by atoms with van der Waals surface area (Å²) in [6.07, 6.45) is 2.34. The summed E-state index contributed by atoms with van der Waals surface area (Å²) in [5.41, 5.74) is -0.352. The van der Waals surface area contributed by atoms with Crippen LogP contribution >= 0.6 is 11.6 Å². The average Bonchev–Trinajstić information content (AvgIpc) is 2.82. The summed E-state index contributed by atoms with van der Waals surface area (Å²) in [6, 6.07) is 1.82. The van der Waals surface area contributed by atoms with Crippen molar-refractivity contribution in [2.75, 3.05) is 26.8 Å². The topological polar surface area (TPSA) is 95.9 Å². The Bertz CT molecular complexity index is 1060. The van der Waals surface area contributed by atoms with Gasteiger partial charge in [0, 0.05) is 31.8 Å². The van der Waals surface area contributed by atoms with Crippen LogP contribution in [0.5, 0.6) is 5.75 Å². The van der Waals surface area contributed by atoms with E-state index >= 15 is 0 Å². The average molecular weight is 449 g/mol. The molecule has 0 aliphatic carbocycles. The molecule has 31 heavy (non-hydrogen) atoms. The lowest BCUT2D eigenvalue weighted by molar-refractivity contribution is 0.00578. The van der Waals surface area contributed by atoms with Gasteiger partial charge in [-0.1, -0.05) is 11.6 Å². The summed E-state index contributed by atoms with van der Waals surface area (Å²) in [6.45, 7) is 9.01. The molecule has 0 unspecified atom stereocenters. The van der Waals surface area contributed by atoms with Gasteiger partial charge in [-0.15, -0.1) is 0 Å². The Morgan fingerprint density at radius 3 is 2.68 bits per heavy atom. The largest absolute Gasteiger partial charge is 0.496 e. The zero-order valence-electron chi connectivity index (χ0n) is 18.2. The maximum atomic E-state index is 11.1. The monoisotopic (exact) mass is 448 g/mol. The number of benzene rings is 1. The Morgan fingerprint density at radius 2 is 2.03 bits per heavy atom. The molecule has 1 aromatic rings. The SMILES string of the molecule is CN(CCN1C=COc2cc(B3OC(C)(C)C(C)(C)O3)c(Cl)c3c2=C1NCN=3)C(=O)O. The van der Waals surface area contributed by atoms with E-state index in [0.29, 0.717) is 41.4 Å². The maximum absolute atomic E-state index is 11.1. The van der Waals surface area contributed by atoms with Gasteiger partial charge in [0.25, 0.3) is 0 Å². The number of nitrogens with one attached hydrogen (secondary N) is 1. The molecule has 0 spiro atoms. The number of carboxylic acid groups (broad SMARTS) is 1. The second kappa shape index (κ2) is 7.61. The number of hydrogen-bond donors (Lipinski definition) is 2. The summed E-state index contributed by atoms with van der Waals surface area (Å²) >= 11 is 6.81. The van der Waals surface area contributed by atoms with E-state index in [9.17, 15) is 4.79 Å². The van der Waals surface area contributed by atoms with E-state index in [1.54, 1.807) is 12.5 Å². The fourth-order valence-electron chi connectivity index (χ4n) is 3.57. The fourth-order valence-corrected chi connectivity index (χ4v) is 3.87. The number of hydrogen-bond acceptors (Lipinski definition) is 7. The molecule has 0 atom stereocenters. The molecule has 0 aromatic heterocycles. The van der Waals surface area contributed by atoms with Crippen LogP contribution in [0.25, 0.3) is 5.82 Å². The van der Waals surface area contributed by atoms with E-state index in [1.165, 1.54) is 11.9 Å². The molecular weight excluding hydrogens is 423 g/mol. The highest BCUT2D eigenvalue weighted by atomic mass is 35.5. The van der Waals surface area contributed by atoms with Crippen LogP contribution in [0.15, 0.2) is 23.5 Å². The zero-order chi connectivity index (χ0) is 22.6. The number of likely N-dealkylation sites (N-methyl/N-ethyl adjacent to an activating group) is 1. The Kier molecular flexibility index (Phi) is 5.35. The third-order valence-corrected chi connectivity index (χ3v) is 6.58. The molecule has 4 rings (SSSR count). The summed E-state index contributed by atoms with van der Waals surface area (Å²) in [5.74, 6) is 1.33. The second-order valence-electron chi connectivity index (χ2n) is 8.73. The molecule has 3 heterocycles. The lowest BCUT2D eigenvalue weighted by Crippen LogP contribution is -2.48. The predicted molar refractivity (Wildman–Crippen MR) is 116 cm³/mol. The molecular formula is C20H26BClN4O5. The van der Waals surface area contributed by atoms with Crippen LogP contribution in [-0.4, -0.2) is 66.1 Å². The van der Waals surface area contributed by atoms with Crippen LogP contribution in [0, 0.1) is 0 Å². The molecule has 1 fully saturated rings. The smallest absolute Gasteiger partial charge is 0.465 e. The molecule has 3 aliphatic rings. The maximum Gasteiger partial charge on any atom is 0.496 e. The first-order chi connectivity index (χ1) is 14.5. The van der Waals surface area contributed by atoms with Gasteiger partial charge in [-0.05, 0) is 33.8 Å². The van der Waals surface area contributed by atoms with Gasteiger partial charge in [-0.3, -0.25) is 4.99 Å². The van der Waals surface area contributed by atoms with Crippen molar-refractivity contribution in [3.8, 4) is 5.75 Å². The van der Waals surface area contributed by atoms with Crippen LogP contribution in [0.3, 0.4) is 0 Å². The molecule has 166 valence electrons. The Morgan fingerprint density at radius 1 is 1.35 bits per heavy atom. The third kappa shape index (κ3) is 3.73. The third-order valence-electron chi connectivity index (χ3n) is 6.18. The van der Waals surface area contributed by atoms with E-state index in [0.717, 1.165) is 11.0 Å². The van der Waals surface area contributed by atoms with Gasteiger partial charge in [0.1, 0.15) is 24.5 Å². The second-order valence-corrected chi connectivity index (χ2v) is 9.11. The van der Waals surface area contributed by atoms with Crippen molar-refractivity contribution in [3.63, 3.8) is 0 Å². The Balaban J connectivity index is 1.77. The number of ether oxygens (including phenoxy) is 1. The van der Waals surface area contributed by atoms with Crippen molar-refractivity contribution in [2.45, 2.75) is 38.9 Å². The van der Waals surface area contributed by atoms with E-state index < -0.39 is 24.4 Å². The van der Waals surface area contributed by atoms with Crippen molar-refractivity contribution in [1.29, 1.82) is 0 Å². The Labute approximate surface area is 186 Å². The molecule has 9 nitrogen and oxygen atoms in total. The number of rotatable bonds is 4. The minimum atomic E-state index is -0.983. The van der Waals surface area contributed by atoms with Gasteiger partial charge in [-0.25, -0.2) is 4.79 Å². The lowest BCUT2D eigenvalue weighted by Gasteiger charge is -2.32. The van der Waals surface area contributed by atoms with E-state index in [1.807, 2.05) is 38.7 Å². The summed E-state index contributed by atoms with van der Waals surface area (Å²) < 4.78 is 18.3. The van der Waals surface area contributed by atoms with Crippen LogP contribution in [0.1, 0.15) is 27.7 Å². The highest BCUT2D eigenvalue weighted by molar-refractivity contribution is 6.65. The summed E-state index contributed by atoms with van der Waals surface area (Å²) in [4.78, 5) is 18.8. The van der Waals surface area contributed by atoms with Crippen molar-refractivity contribution >= 4 is 36.1 Å². The zero-order valence-corrected chi connectivity index (χ0v) is 19.0. The normalized spacial score (nSPS) is 20.4. The molecule has 0 saturated carbocycles.